The Kier molecular flexibility index (Phi) is 9.43. The summed E-state index contributed by atoms with van der Waals surface area (Å²) in [5.41, 5.74) is 16.5. The Labute approximate surface area is 393 Å². The lowest BCUT2D eigenvalue weighted by atomic mass is 9.98. The maximum atomic E-state index is 5.35. The molecule has 0 aliphatic carbocycles. The van der Waals surface area contributed by atoms with E-state index >= 15 is 0 Å². The molecule has 0 saturated heterocycles. The van der Waals surface area contributed by atoms with E-state index in [1.807, 2.05) is 18.2 Å². The summed E-state index contributed by atoms with van der Waals surface area (Å²) in [6.07, 6.45) is 0. The molecule has 0 spiro atoms. The number of hydrogen-bond acceptors (Lipinski definition) is 3. The lowest BCUT2D eigenvalue weighted by molar-refractivity contribution is 0.953. The molecule has 13 aromatic rings. The molecular formula is C63H41N5. The number of hydrogen-bond donors (Lipinski definition) is 0. The Bertz CT molecular complexity index is 4000. The lowest BCUT2D eigenvalue weighted by Gasteiger charge is -2.15. The summed E-state index contributed by atoms with van der Waals surface area (Å²) < 4.78 is 4.66. The molecule has 3 heterocycles. The Balaban J connectivity index is 1.01. The van der Waals surface area contributed by atoms with Gasteiger partial charge in [0.05, 0.1) is 27.8 Å². The normalized spacial score (nSPS) is 11.5. The number of nitrogens with zero attached hydrogens (tertiary/aromatic N) is 5. The number of fused-ring (bicyclic) bond motifs is 6. The second kappa shape index (κ2) is 16.4. The van der Waals surface area contributed by atoms with E-state index < -0.39 is 0 Å². The van der Waals surface area contributed by atoms with Crippen molar-refractivity contribution in [2.75, 3.05) is 0 Å². The molecule has 0 fully saturated rings. The van der Waals surface area contributed by atoms with Gasteiger partial charge in [-0.15, -0.1) is 0 Å². The third-order valence-electron chi connectivity index (χ3n) is 13.2. The van der Waals surface area contributed by atoms with Gasteiger partial charge >= 0.3 is 0 Å². The van der Waals surface area contributed by atoms with Crippen molar-refractivity contribution in [3.8, 4) is 78.9 Å². The highest BCUT2D eigenvalue weighted by Gasteiger charge is 2.22. The zero-order chi connectivity index (χ0) is 45.0. The van der Waals surface area contributed by atoms with Crippen LogP contribution in [-0.4, -0.2) is 24.1 Å². The molecule has 0 saturated carbocycles. The van der Waals surface area contributed by atoms with Crippen molar-refractivity contribution in [1.29, 1.82) is 0 Å². The third kappa shape index (κ3) is 6.76. The first-order chi connectivity index (χ1) is 33.7. The van der Waals surface area contributed by atoms with Gasteiger partial charge < -0.3 is 4.57 Å². The minimum Gasteiger partial charge on any atom is -0.309 e. The standard InChI is InChI=1S/C63H41N5/c1-4-18-42(19-5-1)47-24-16-25-48(38-47)44-34-36-46(37-35-44)62-64-61(45-22-8-3-9-23-45)65-63(66-62)68-58-33-15-12-30-53(58)55-40-54-52-29-11-14-32-57(52)67(59(54)41-60(55)68)56-31-13-10-28-51(56)50-27-17-26-49(39-50)43-20-6-2-7-21-43/h1-41H. The molecule has 0 aliphatic heterocycles. The third-order valence-corrected chi connectivity index (χ3v) is 13.2. The smallest absolute Gasteiger partial charge is 0.238 e. The van der Waals surface area contributed by atoms with Crippen LogP contribution in [0.3, 0.4) is 0 Å². The van der Waals surface area contributed by atoms with E-state index in [1.165, 1.54) is 33.0 Å². The molecule has 13 rings (SSSR count). The first kappa shape index (κ1) is 39.2. The Morgan fingerprint density at radius 3 is 1.25 bits per heavy atom. The molecular weight excluding hydrogens is 827 g/mol. The Morgan fingerprint density at radius 2 is 0.647 bits per heavy atom. The van der Waals surface area contributed by atoms with E-state index in [0.717, 1.165) is 71.9 Å². The lowest BCUT2D eigenvalue weighted by Crippen LogP contribution is -2.06. The van der Waals surface area contributed by atoms with E-state index in [9.17, 15) is 0 Å². The van der Waals surface area contributed by atoms with Gasteiger partial charge in [0.2, 0.25) is 5.95 Å². The van der Waals surface area contributed by atoms with Gasteiger partial charge in [-0.1, -0.05) is 206 Å². The average molecular weight is 868 g/mol. The zero-order valence-electron chi connectivity index (χ0n) is 36.9. The molecule has 0 atom stereocenters. The van der Waals surface area contributed by atoms with Crippen molar-refractivity contribution in [3.63, 3.8) is 0 Å². The molecule has 0 unspecified atom stereocenters. The second-order valence-corrected chi connectivity index (χ2v) is 17.2. The largest absolute Gasteiger partial charge is 0.309 e. The van der Waals surface area contributed by atoms with Crippen LogP contribution >= 0.6 is 0 Å². The van der Waals surface area contributed by atoms with E-state index in [2.05, 4.69) is 240 Å². The maximum Gasteiger partial charge on any atom is 0.238 e. The van der Waals surface area contributed by atoms with Crippen LogP contribution in [0, 0.1) is 0 Å². The minimum absolute atomic E-state index is 0.555. The highest BCUT2D eigenvalue weighted by Crippen LogP contribution is 2.42. The van der Waals surface area contributed by atoms with Crippen LogP contribution in [-0.2, 0) is 0 Å². The van der Waals surface area contributed by atoms with Crippen LogP contribution in [0.1, 0.15) is 0 Å². The predicted octanol–water partition coefficient (Wildman–Crippen LogP) is 16.1. The van der Waals surface area contributed by atoms with Crippen molar-refractivity contribution in [1.82, 2.24) is 24.1 Å². The summed E-state index contributed by atoms with van der Waals surface area (Å²) in [5.74, 6) is 1.77. The van der Waals surface area contributed by atoms with Gasteiger partial charge in [0, 0.05) is 38.2 Å². The summed E-state index contributed by atoms with van der Waals surface area (Å²) in [6.45, 7) is 0. The van der Waals surface area contributed by atoms with Crippen molar-refractivity contribution in [3.05, 3.63) is 249 Å². The van der Waals surface area contributed by atoms with E-state index in [1.54, 1.807) is 0 Å². The van der Waals surface area contributed by atoms with Gasteiger partial charge in [-0.3, -0.25) is 4.57 Å². The first-order valence-corrected chi connectivity index (χ1v) is 23.0. The van der Waals surface area contributed by atoms with Gasteiger partial charge in [0.25, 0.3) is 0 Å². The van der Waals surface area contributed by atoms with Crippen LogP contribution in [0.4, 0.5) is 0 Å². The number of aromatic nitrogens is 5. The monoisotopic (exact) mass is 867 g/mol. The molecule has 5 heteroatoms. The van der Waals surface area contributed by atoms with E-state index in [0.29, 0.717) is 17.6 Å². The molecule has 0 aliphatic rings. The van der Waals surface area contributed by atoms with Gasteiger partial charge in [-0.25, -0.2) is 4.98 Å². The predicted molar refractivity (Wildman–Crippen MR) is 281 cm³/mol. The van der Waals surface area contributed by atoms with E-state index in [-0.39, 0.29) is 0 Å². The molecule has 0 bridgehead atoms. The second-order valence-electron chi connectivity index (χ2n) is 17.2. The Morgan fingerprint density at radius 1 is 0.235 bits per heavy atom. The van der Waals surface area contributed by atoms with Gasteiger partial charge in [-0.05, 0) is 81.4 Å². The van der Waals surface area contributed by atoms with Gasteiger partial charge in [0.1, 0.15) is 0 Å². The number of benzene rings is 10. The summed E-state index contributed by atoms with van der Waals surface area (Å²) >= 11 is 0. The SMILES string of the molecule is c1ccc(-c2cccc(-c3ccc(-c4nc(-c5ccccc5)nc(-n5c6ccccc6c6cc7c8ccccc8n(-c8ccccc8-c8cccc(-c9ccccc9)c8)c7cc65)n4)cc3)c2)cc1. The molecule has 5 nitrogen and oxygen atoms in total. The molecule has 0 N–H and O–H groups in total. The minimum atomic E-state index is 0.555. The van der Waals surface area contributed by atoms with Crippen LogP contribution in [0.25, 0.3) is 123 Å². The fourth-order valence-electron chi connectivity index (χ4n) is 9.95. The fourth-order valence-corrected chi connectivity index (χ4v) is 9.95. The quantitative estimate of drug-likeness (QED) is 0.153. The van der Waals surface area contributed by atoms with Gasteiger partial charge in [0.15, 0.2) is 11.6 Å². The topological polar surface area (TPSA) is 48.5 Å². The van der Waals surface area contributed by atoms with Crippen LogP contribution in [0.15, 0.2) is 249 Å². The van der Waals surface area contributed by atoms with Crippen molar-refractivity contribution in [2.45, 2.75) is 0 Å². The van der Waals surface area contributed by atoms with Crippen LogP contribution < -0.4 is 0 Å². The van der Waals surface area contributed by atoms with Crippen molar-refractivity contribution in [2.24, 2.45) is 0 Å². The fraction of sp³-hybridized carbons (Fsp3) is 0. The summed E-state index contributed by atoms with van der Waals surface area (Å²) in [6, 6.07) is 88.3. The average Bonchev–Trinajstić information content (AvgIpc) is 3.92. The van der Waals surface area contributed by atoms with E-state index in [4.69, 9.17) is 15.0 Å². The Hall–Kier alpha value is -9.19. The molecule has 0 radical (unpaired) electrons. The highest BCUT2D eigenvalue weighted by atomic mass is 15.2. The molecule has 3 aromatic heterocycles. The summed E-state index contributed by atoms with van der Waals surface area (Å²) in [4.78, 5) is 15.8. The first-order valence-electron chi connectivity index (χ1n) is 23.0. The van der Waals surface area contributed by atoms with Crippen molar-refractivity contribution >= 4 is 43.6 Å². The number of para-hydroxylation sites is 3. The zero-order valence-corrected chi connectivity index (χ0v) is 36.9. The highest BCUT2D eigenvalue weighted by molar-refractivity contribution is 6.19. The molecule has 0 amide bonds. The molecule has 10 aromatic carbocycles. The number of rotatable bonds is 8. The van der Waals surface area contributed by atoms with Crippen LogP contribution in [0.5, 0.6) is 0 Å². The summed E-state index contributed by atoms with van der Waals surface area (Å²) in [5, 5.41) is 4.63. The molecule has 68 heavy (non-hydrogen) atoms. The van der Waals surface area contributed by atoms with Crippen LogP contribution in [0.2, 0.25) is 0 Å². The summed E-state index contributed by atoms with van der Waals surface area (Å²) in [7, 11) is 0. The molecule has 318 valence electrons. The maximum absolute atomic E-state index is 5.35. The van der Waals surface area contributed by atoms with Gasteiger partial charge in [-0.2, -0.15) is 9.97 Å². The van der Waals surface area contributed by atoms with Crippen molar-refractivity contribution < 1.29 is 0 Å².